The summed E-state index contributed by atoms with van der Waals surface area (Å²) in [5, 5.41) is 0. The van der Waals surface area contributed by atoms with Crippen LogP contribution in [-0.4, -0.2) is 42.8 Å². The van der Waals surface area contributed by atoms with E-state index in [0.717, 1.165) is 62.4 Å². The van der Waals surface area contributed by atoms with Gasteiger partial charge in [0.05, 0.1) is 13.2 Å². The highest BCUT2D eigenvalue weighted by molar-refractivity contribution is 5.97. The van der Waals surface area contributed by atoms with E-state index in [1.54, 1.807) is 6.92 Å². The number of carbonyl (C=O) groups is 1. The summed E-state index contributed by atoms with van der Waals surface area (Å²) < 4.78 is 11.6. The summed E-state index contributed by atoms with van der Waals surface area (Å²) in [7, 11) is 0. The third-order valence-electron chi connectivity index (χ3n) is 5.30. The van der Waals surface area contributed by atoms with Crippen molar-refractivity contribution < 1.29 is 14.3 Å². The summed E-state index contributed by atoms with van der Waals surface area (Å²) in [5.74, 6) is -0.162. The molecule has 0 N–H and O–H groups in total. The van der Waals surface area contributed by atoms with Crippen molar-refractivity contribution >= 4 is 5.78 Å². The predicted octanol–water partition coefficient (Wildman–Crippen LogP) is 3.15. The Labute approximate surface area is 138 Å². The van der Waals surface area contributed by atoms with Crippen LogP contribution >= 0.6 is 0 Å². The van der Waals surface area contributed by atoms with Crippen LogP contribution in [0.4, 0.5) is 0 Å². The molecule has 0 saturated carbocycles. The highest BCUT2D eigenvalue weighted by Gasteiger charge is 2.39. The molecule has 0 atom stereocenters. The van der Waals surface area contributed by atoms with Crippen LogP contribution in [0.3, 0.4) is 0 Å². The van der Waals surface area contributed by atoms with Crippen LogP contribution in [-0.2, 0) is 16.0 Å². The molecule has 2 heterocycles. The molecule has 2 fully saturated rings. The lowest BCUT2D eigenvalue weighted by atomic mass is 9.91. The molecular formula is C19H27NO3. The molecule has 2 aliphatic heterocycles. The number of Topliss-reactive ketones (excluding diaryl/α,β-unsaturated/α-hetero) is 1. The highest BCUT2D eigenvalue weighted by atomic mass is 16.7. The van der Waals surface area contributed by atoms with Crippen LogP contribution < -0.4 is 0 Å². The fourth-order valence-electron chi connectivity index (χ4n) is 4.07. The zero-order chi connectivity index (χ0) is 16.6. The van der Waals surface area contributed by atoms with Gasteiger partial charge in [0.25, 0.3) is 0 Å². The number of ketones is 1. The lowest BCUT2D eigenvalue weighted by molar-refractivity contribution is -0.185. The average molecular weight is 317 g/mol. The number of hydrogen-bond acceptors (Lipinski definition) is 4. The molecule has 0 aliphatic carbocycles. The molecule has 0 amide bonds. The second-order valence-corrected chi connectivity index (χ2v) is 6.93. The molecule has 0 bridgehead atoms. The molecule has 0 radical (unpaired) electrons. The molecule has 126 valence electrons. The highest BCUT2D eigenvalue weighted by Crippen LogP contribution is 2.32. The van der Waals surface area contributed by atoms with E-state index in [-0.39, 0.29) is 11.6 Å². The summed E-state index contributed by atoms with van der Waals surface area (Å²) >= 11 is 0. The van der Waals surface area contributed by atoms with Crippen LogP contribution in [0.15, 0.2) is 6.07 Å². The number of aryl methyl sites for hydroxylation is 2. The first-order chi connectivity index (χ1) is 10.9. The molecule has 4 heteroatoms. The van der Waals surface area contributed by atoms with Crippen molar-refractivity contribution in [1.29, 1.82) is 0 Å². The van der Waals surface area contributed by atoms with E-state index in [1.165, 1.54) is 11.1 Å². The van der Waals surface area contributed by atoms with Crippen molar-refractivity contribution in [2.45, 2.75) is 52.9 Å². The Hall–Kier alpha value is -1.23. The molecular weight excluding hydrogens is 290 g/mol. The SMILES string of the molecule is CC(=O)c1c(C)cc(C)c(CN2CCC3(CC2)OCCO3)c1C. The Morgan fingerprint density at radius 2 is 1.74 bits per heavy atom. The lowest BCUT2D eigenvalue weighted by Crippen LogP contribution is -2.44. The van der Waals surface area contributed by atoms with Gasteiger partial charge in [-0.25, -0.2) is 0 Å². The van der Waals surface area contributed by atoms with Gasteiger partial charge in [-0.1, -0.05) is 6.07 Å². The standard InChI is InChI=1S/C19H27NO3/c1-13-11-14(2)18(16(4)21)15(3)17(13)12-20-7-5-19(6-8-20)22-9-10-23-19/h11H,5-10,12H2,1-4H3. The topological polar surface area (TPSA) is 38.8 Å². The van der Waals surface area contributed by atoms with E-state index >= 15 is 0 Å². The zero-order valence-corrected chi connectivity index (χ0v) is 14.7. The van der Waals surface area contributed by atoms with Crippen molar-refractivity contribution in [1.82, 2.24) is 4.90 Å². The van der Waals surface area contributed by atoms with E-state index < -0.39 is 0 Å². The van der Waals surface area contributed by atoms with Crippen LogP contribution in [0.5, 0.6) is 0 Å². The van der Waals surface area contributed by atoms with Gasteiger partial charge in [-0.2, -0.15) is 0 Å². The van der Waals surface area contributed by atoms with E-state index in [0.29, 0.717) is 0 Å². The normalized spacial score (nSPS) is 21.0. The second-order valence-electron chi connectivity index (χ2n) is 6.93. The van der Waals surface area contributed by atoms with Gasteiger partial charge in [-0.15, -0.1) is 0 Å². The fraction of sp³-hybridized carbons (Fsp3) is 0.632. The Morgan fingerprint density at radius 3 is 2.30 bits per heavy atom. The van der Waals surface area contributed by atoms with Gasteiger partial charge < -0.3 is 9.47 Å². The number of carbonyl (C=O) groups excluding carboxylic acids is 1. The van der Waals surface area contributed by atoms with Crippen molar-refractivity contribution in [3.63, 3.8) is 0 Å². The van der Waals surface area contributed by atoms with Gasteiger partial charge in [-0.3, -0.25) is 9.69 Å². The maximum absolute atomic E-state index is 12.0. The predicted molar refractivity (Wildman–Crippen MR) is 89.8 cm³/mol. The van der Waals surface area contributed by atoms with E-state index in [1.807, 2.05) is 6.92 Å². The van der Waals surface area contributed by atoms with Gasteiger partial charge in [-0.05, 0) is 49.9 Å². The van der Waals surface area contributed by atoms with E-state index in [9.17, 15) is 4.79 Å². The minimum absolute atomic E-state index is 0.159. The van der Waals surface area contributed by atoms with E-state index in [2.05, 4.69) is 24.8 Å². The van der Waals surface area contributed by atoms with Crippen LogP contribution in [0, 0.1) is 20.8 Å². The average Bonchev–Trinajstić information content (AvgIpc) is 2.93. The molecule has 2 saturated heterocycles. The molecule has 0 unspecified atom stereocenters. The monoisotopic (exact) mass is 317 g/mol. The minimum atomic E-state index is -0.321. The van der Waals surface area contributed by atoms with Crippen molar-refractivity contribution in [3.8, 4) is 0 Å². The van der Waals surface area contributed by atoms with Gasteiger partial charge in [0.15, 0.2) is 11.6 Å². The van der Waals surface area contributed by atoms with Gasteiger partial charge in [0, 0.05) is 38.0 Å². The molecule has 1 aromatic carbocycles. The molecule has 1 spiro atoms. The Balaban J connectivity index is 1.76. The number of likely N-dealkylation sites (tertiary alicyclic amines) is 1. The first kappa shape index (κ1) is 16.6. The Morgan fingerprint density at radius 1 is 1.13 bits per heavy atom. The van der Waals surface area contributed by atoms with Crippen molar-refractivity contribution in [3.05, 3.63) is 33.9 Å². The maximum Gasteiger partial charge on any atom is 0.170 e. The number of hydrogen-bond donors (Lipinski definition) is 0. The molecule has 23 heavy (non-hydrogen) atoms. The molecule has 1 aromatic rings. The maximum atomic E-state index is 12.0. The number of ether oxygens (including phenoxy) is 2. The van der Waals surface area contributed by atoms with Gasteiger partial charge >= 0.3 is 0 Å². The second kappa shape index (κ2) is 6.34. The Bertz CT molecular complexity index is 608. The van der Waals surface area contributed by atoms with Crippen LogP contribution in [0.2, 0.25) is 0 Å². The van der Waals surface area contributed by atoms with Gasteiger partial charge in [0.2, 0.25) is 0 Å². The third-order valence-corrected chi connectivity index (χ3v) is 5.30. The summed E-state index contributed by atoms with van der Waals surface area (Å²) in [6.07, 6.45) is 1.85. The quantitative estimate of drug-likeness (QED) is 0.803. The van der Waals surface area contributed by atoms with Crippen molar-refractivity contribution in [2.24, 2.45) is 0 Å². The number of rotatable bonds is 3. The van der Waals surface area contributed by atoms with E-state index in [4.69, 9.17) is 9.47 Å². The van der Waals surface area contributed by atoms with Crippen molar-refractivity contribution in [2.75, 3.05) is 26.3 Å². The minimum Gasteiger partial charge on any atom is -0.347 e. The van der Waals surface area contributed by atoms with Crippen LogP contribution in [0.25, 0.3) is 0 Å². The number of piperidine rings is 1. The summed E-state index contributed by atoms with van der Waals surface area (Å²) in [6.45, 7) is 12.2. The molecule has 3 rings (SSSR count). The first-order valence-corrected chi connectivity index (χ1v) is 8.53. The lowest BCUT2D eigenvalue weighted by Gasteiger charge is -2.38. The smallest absolute Gasteiger partial charge is 0.170 e. The van der Waals surface area contributed by atoms with Gasteiger partial charge in [0.1, 0.15) is 0 Å². The van der Waals surface area contributed by atoms with Crippen LogP contribution in [0.1, 0.15) is 52.4 Å². The molecule has 0 aromatic heterocycles. The summed E-state index contributed by atoms with van der Waals surface area (Å²) in [5.41, 5.74) is 5.69. The fourth-order valence-corrected chi connectivity index (χ4v) is 4.07. The largest absolute Gasteiger partial charge is 0.347 e. The number of nitrogens with zero attached hydrogens (tertiary/aromatic N) is 1. The summed E-state index contributed by atoms with van der Waals surface area (Å²) in [6, 6.07) is 2.15. The first-order valence-electron chi connectivity index (χ1n) is 8.53. The zero-order valence-electron chi connectivity index (χ0n) is 14.7. The number of benzene rings is 1. The molecule has 4 nitrogen and oxygen atoms in total. The summed E-state index contributed by atoms with van der Waals surface area (Å²) in [4.78, 5) is 14.4. The third kappa shape index (κ3) is 3.21. The Kier molecular flexibility index (Phi) is 4.59. The molecule has 2 aliphatic rings.